The largest absolute Gasteiger partial charge is 0.457 e. The number of cyclic esters (lactones) is 1. The highest BCUT2D eigenvalue weighted by Crippen LogP contribution is 2.49. The van der Waals surface area contributed by atoms with Crippen molar-refractivity contribution in [3.05, 3.63) is 29.6 Å². The van der Waals surface area contributed by atoms with Crippen molar-refractivity contribution in [2.75, 3.05) is 18.1 Å². The van der Waals surface area contributed by atoms with E-state index in [-0.39, 0.29) is 30.7 Å². The minimum Gasteiger partial charge on any atom is -0.457 e. The number of carbonyl (C=O) groups is 2. The van der Waals surface area contributed by atoms with Gasteiger partial charge in [0.2, 0.25) is 0 Å². The van der Waals surface area contributed by atoms with Crippen molar-refractivity contribution in [2.45, 2.75) is 25.3 Å². The number of ketones is 1. The molecule has 3 aliphatic heterocycles. The second kappa shape index (κ2) is 3.81. The molecule has 0 aromatic heterocycles. The molecule has 0 amide bonds. The molecule has 0 bridgehead atoms. The standard InChI is InChI=1S/C15H14FNO3/c16-10-4-1-3-9-7-15(12(18)8-20-14(15)19)11-5-2-6-17(11)13(9)10/h1,3-4,11H,2,5-8H2. The number of hydrogen-bond donors (Lipinski definition) is 0. The smallest absolute Gasteiger partial charge is 0.322 e. The van der Waals surface area contributed by atoms with Crippen LogP contribution in [0.5, 0.6) is 0 Å². The van der Waals surface area contributed by atoms with Crippen LogP contribution in [0, 0.1) is 11.2 Å². The third-order valence-electron chi connectivity index (χ3n) is 4.84. The lowest BCUT2D eigenvalue weighted by atomic mass is 9.69. The first kappa shape index (κ1) is 11.9. The first-order valence-corrected chi connectivity index (χ1v) is 6.89. The summed E-state index contributed by atoms with van der Waals surface area (Å²) < 4.78 is 19.1. The number of carbonyl (C=O) groups excluding carboxylic acids is 2. The quantitative estimate of drug-likeness (QED) is 0.531. The molecule has 2 saturated heterocycles. The van der Waals surface area contributed by atoms with Crippen LogP contribution in [0.3, 0.4) is 0 Å². The van der Waals surface area contributed by atoms with Crippen molar-refractivity contribution in [3.63, 3.8) is 0 Å². The number of nitrogens with zero attached hydrogens (tertiary/aromatic N) is 1. The van der Waals surface area contributed by atoms with Gasteiger partial charge in [-0.15, -0.1) is 0 Å². The van der Waals surface area contributed by atoms with E-state index in [0.29, 0.717) is 12.2 Å². The molecule has 0 saturated carbocycles. The van der Waals surface area contributed by atoms with Crippen molar-refractivity contribution in [2.24, 2.45) is 5.41 Å². The molecule has 0 aliphatic carbocycles. The number of halogens is 1. The molecule has 1 aromatic carbocycles. The Labute approximate surface area is 115 Å². The van der Waals surface area contributed by atoms with Gasteiger partial charge in [0.05, 0.1) is 11.7 Å². The fraction of sp³-hybridized carbons (Fsp3) is 0.467. The summed E-state index contributed by atoms with van der Waals surface area (Å²) in [6.45, 7) is 0.536. The van der Waals surface area contributed by atoms with Crippen molar-refractivity contribution < 1.29 is 18.7 Å². The number of fused-ring (bicyclic) bond motifs is 4. The Morgan fingerprint density at radius 2 is 2.20 bits per heavy atom. The average Bonchev–Trinajstić information content (AvgIpc) is 3.01. The Balaban J connectivity index is 1.94. The molecular weight excluding hydrogens is 261 g/mol. The van der Waals surface area contributed by atoms with Gasteiger partial charge in [0.1, 0.15) is 5.82 Å². The Kier molecular flexibility index (Phi) is 2.26. The van der Waals surface area contributed by atoms with E-state index in [1.165, 1.54) is 6.07 Å². The highest BCUT2D eigenvalue weighted by Gasteiger charge is 2.62. The first-order valence-electron chi connectivity index (χ1n) is 6.89. The van der Waals surface area contributed by atoms with E-state index in [0.717, 1.165) is 18.4 Å². The molecule has 2 atom stereocenters. The van der Waals surface area contributed by atoms with Crippen LogP contribution in [0.25, 0.3) is 0 Å². The zero-order valence-corrected chi connectivity index (χ0v) is 10.9. The SMILES string of the molecule is O=C1COC(=O)C12Cc1cccc(F)c1N1CCCC12. The van der Waals surface area contributed by atoms with E-state index in [9.17, 15) is 14.0 Å². The number of benzene rings is 1. The van der Waals surface area contributed by atoms with Crippen LogP contribution >= 0.6 is 0 Å². The second-order valence-corrected chi connectivity index (χ2v) is 5.75. The van der Waals surface area contributed by atoms with E-state index < -0.39 is 11.4 Å². The predicted molar refractivity (Wildman–Crippen MR) is 68.9 cm³/mol. The van der Waals surface area contributed by atoms with E-state index in [2.05, 4.69) is 0 Å². The molecule has 1 spiro atoms. The van der Waals surface area contributed by atoms with Gasteiger partial charge >= 0.3 is 5.97 Å². The molecule has 0 radical (unpaired) electrons. The molecular formula is C15H14FNO3. The number of para-hydroxylation sites is 1. The lowest BCUT2D eigenvalue weighted by molar-refractivity contribution is -0.148. The van der Waals surface area contributed by atoms with E-state index in [4.69, 9.17) is 4.74 Å². The van der Waals surface area contributed by atoms with Gasteiger partial charge in [-0.2, -0.15) is 0 Å². The maximum atomic E-state index is 14.1. The molecule has 2 unspecified atom stereocenters. The molecule has 104 valence electrons. The van der Waals surface area contributed by atoms with Gasteiger partial charge in [0.15, 0.2) is 17.8 Å². The molecule has 2 fully saturated rings. The molecule has 4 rings (SSSR count). The molecule has 3 heterocycles. The molecule has 5 heteroatoms. The van der Waals surface area contributed by atoms with E-state index >= 15 is 0 Å². The highest BCUT2D eigenvalue weighted by atomic mass is 19.1. The summed E-state index contributed by atoms with van der Waals surface area (Å²) in [6, 6.07) is 4.60. The van der Waals surface area contributed by atoms with Crippen molar-refractivity contribution >= 4 is 17.4 Å². The number of esters is 1. The molecule has 20 heavy (non-hydrogen) atoms. The summed E-state index contributed by atoms with van der Waals surface area (Å²) in [4.78, 5) is 26.5. The van der Waals surface area contributed by atoms with Gasteiger partial charge in [-0.25, -0.2) is 4.39 Å². The zero-order chi connectivity index (χ0) is 13.9. The monoisotopic (exact) mass is 275 g/mol. The summed E-state index contributed by atoms with van der Waals surface area (Å²) in [7, 11) is 0. The number of Topliss-reactive ketones (excluding diaryl/α,β-unsaturated/α-hetero) is 1. The summed E-state index contributed by atoms with van der Waals surface area (Å²) in [5.41, 5.74) is 0.181. The lowest BCUT2D eigenvalue weighted by Gasteiger charge is -2.43. The fourth-order valence-corrected chi connectivity index (χ4v) is 3.98. The van der Waals surface area contributed by atoms with Crippen LogP contribution in [-0.2, 0) is 20.7 Å². The van der Waals surface area contributed by atoms with Crippen molar-refractivity contribution in [3.8, 4) is 0 Å². The van der Waals surface area contributed by atoms with Crippen molar-refractivity contribution in [1.82, 2.24) is 0 Å². The van der Waals surface area contributed by atoms with Gasteiger partial charge < -0.3 is 9.64 Å². The Hall–Kier alpha value is -1.91. The topological polar surface area (TPSA) is 46.6 Å². The average molecular weight is 275 g/mol. The maximum Gasteiger partial charge on any atom is 0.322 e. The third kappa shape index (κ3) is 1.25. The molecule has 3 aliphatic rings. The van der Waals surface area contributed by atoms with Crippen LogP contribution in [0.1, 0.15) is 18.4 Å². The second-order valence-electron chi connectivity index (χ2n) is 5.75. The van der Waals surface area contributed by atoms with Crippen LogP contribution in [0.4, 0.5) is 10.1 Å². The summed E-state index contributed by atoms with van der Waals surface area (Å²) in [5.74, 6) is -0.869. The van der Waals surface area contributed by atoms with Gasteiger partial charge in [0.25, 0.3) is 0 Å². The Morgan fingerprint density at radius 1 is 1.35 bits per heavy atom. The molecule has 0 N–H and O–H groups in total. The first-order chi connectivity index (χ1) is 9.64. The minimum atomic E-state index is -1.11. The zero-order valence-electron chi connectivity index (χ0n) is 10.9. The van der Waals surface area contributed by atoms with Gasteiger partial charge in [-0.05, 0) is 30.9 Å². The normalized spacial score (nSPS) is 31.4. The highest BCUT2D eigenvalue weighted by molar-refractivity contribution is 6.11. The Morgan fingerprint density at radius 3 is 2.95 bits per heavy atom. The predicted octanol–water partition coefficient (Wildman–Crippen LogP) is 1.46. The van der Waals surface area contributed by atoms with Gasteiger partial charge in [0, 0.05) is 6.54 Å². The third-order valence-corrected chi connectivity index (χ3v) is 4.84. The van der Waals surface area contributed by atoms with Crippen LogP contribution < -0.4 is 4.90 Å². The van der Waals surface area contributed by atoms with Gasteiger partial charge in [-0.1, -0.05) is 12.1 Å². The fourth-order valence-electron chi connectivity index (χ4n) is 3.98. The summed E-state index contributed by atoms with van der Waals surface area (Å²) in [5, 5.41) is 0. The van der Waals surface area contributed by atoms with Crippen LogP contribution in [-0.4, -0.2) is 30.9 Å². The van der Waals surface area contributed by atoms with Gasteiger partial charge in [-0.3, -0.25) is 9.59 Å². The number of hydrogen-bond acceptors (Lipinski definition) is 4. The molecule has 4 nitrogen and oxygen atoms in total. The van der Waals surface area contributed by atoms with Crippen molar-refractivity contribution in [1.29, 1.82) is 0 Å². The van der Waals surface area contributed by atoms with Crippen LogP contribution in [0.15, 0.2) is 18.2 Å². The van der Waals surface area contributed by atoms with E-state index in [1.807, 2.05) is 4.90 Å². The summed E-state index contributed by atoms with van der Waals surface area (Å²) >= 11 is 0. The van der Waals surface area contributed by atoms with E-state index in [1.54, 1.807) is 12.1 Å². The number of rotatable bonds is 0. The Bertz CT molecular complexity index is 612. The number of anilines is 1. The number of ether oxygens (including phenoxy) is 1. The molecule has 1 aromatic rings. The van der Waals surface area contributed by atoms with Crippen LogP contribution in [0.2, 0.25) is 0 Å². The maximum absolute atomic E-state index is 14.1. The lowest BCUT2D eigenvalue weighted by Crippen LogP contribution is -2.56. The minimum absolute atomic E-state index is 0.145. The summed E-state index contributed by atoms with van der Waals surface area (Å²) in [6.07, 6.45) is 1.86.